The minimum atomic E-state index is -3.61. The first-order valence-corrected chi connectivity index (χ1v) is 11.1. The summed E-state index contributed by atoms with van der Waals surface area (Å²) in [6.07, 6.45) is 0. The normalized spacial score (nSPS) is 11.6. The standard InChI is InChI=1S/C19H23ClN2O3S2/c1-13-11-15(12-18(14(13)2)27(24,25)22(3)4)19(23)21-9-10-26-17-7-5-16(20)6-8-17/h5-8,11-12H,9-10H2,1-4H3,(H,21,23). The van der Waals surface area contributed by atoms with E-state index < -0.39 is 10.0 Å². The third-order valence-corrected chi connectivity index (χ3v) is 7.32. The first-order chi connectivity index (χ1) is 12.6. The van der Waals surface area contributed by atoms with Crippen molar-refractivity contribution in [1.82, 2.24) is 9.62 Å². The number of nitrogens with one attached hydrogen (secondary N) is 1. The fourth-order valence-electron chi connectivity index (χ4n) is 2.39. The van der Waals surface area contributed by atoms with E-state index in [2.05, 4.69) is 5.32 Å². The Kier molecular flexibility index (Phi) is 7.33. The van der Waals surface area contributed by atoms with Gasteiger partial charge in [-0.1, -0.05) is 11.6 Å². The van der Waals surface area contributed by atoms with Gasteiger partial charge in [0.2, 0.25) is 10.0 Å². The molecule has 0 saturated heterocycles. The Labute approximate surface area is 170 Å². The van der Waals surface area contributed by atoms with Crippen LogP contribution in [-0.4, -0.2) is 45.0 Å². The van der Waals surface area contributed by atoms with Crippen LogP contribution in [0.5, 0.6) is 0 Å². The smallest absolute Gasteiger partial charge is 0.251 e. The summed E-state index contributed by atoms with van der Waals surface area (Å²) in [6.45, 7) is 4.02. The second-order valence-corrected chi connectivity index (χ2v) is 9.99. The van der Waals surface area contributed by atoms with E-state index in [0.29, 0.717) is 28.4 Å². The largest absolute Gasteiger partial charge is 0.351 e. The maximum absolute atomic E-state index is 12.5. The van der Waals surface area contributed by atoms with E-state index in [0.717, 1.165) is 14.8 Å². The molecule has 0 aliphatic carbocycles. The molecule has 0 heterocycles. The molecule has 2 aromatic carbocycles. The van der Waals surface area contributed by atoms with Crippen LogP contribution in [0.4, 0.5) is 0 Å². The number of hydrogen-bond acceptors (Lipinski definition) is 4. The summed E-state index contributed by atoms with van der Waals surface area (Å²) in [6, 6.07) is 10.7. The molecule has 5 nitrogen and oxygen atoms in total. The predicted molar refractivity (Wildman–Crippen MR) is 111 cm³/mol. The number of carbonyl (C=O) groups excluding carboxylic acids is 1. The lowest BCUT2D eigenvalue weighted by molar-refractivity contribution is 0.0956. The quantitative estimate of drug-likeness (QED) is 0.541. The Morgan fingerprint density at radius 1 is 1.15 bits per heavy atom. The number of carbonyl (C=O) groups is 1. The zero-order valence-electron chi connectivity index (χ0n) is 15.7. The highest BCUT2D eigenvalue weighted by molar-refractivity contribution is 7.99. The van der Waals surface area contributed by atoms with Gasteiger partial charge in [0.25, 0.3) is 5.91 Å². The molecule has 0 aromatic heterocycles. The van der Waals surface area contributed by atoms with Crippen molar-refractivity contribution in [1.29, 1.82) is 0 Å². The minimum absolute atomic E-state index is 0.160. The molecule has 0 spiro atoms. The summed E-state index contributed by atoms with van der Waals surface area (Å²) >= 11 is 7.47. The fourth-order valence-corrected chi connectivity index (χ4v) is 4.50. The van der Waals surface area contributed by atoms with Crippen LogP contribution in [0.1, 0.15) is 21.5 Å². The monoisotopic (exact) mass is 426 g/mol. The van der Waals surface area contributed by atoms with Crippen molar-refractivity contribution in [2.45, 2.75) is 23.6 Å². The van der Waals surface area contributed by atoms with Crippen LogP contribution >= 0.6 is 23.4 Å². The van der Waals surface area contributed by atoms with Crippen LogP contribution in [0.15, 0.2) is 46.2 Å². The molecule has 8 heteroatoms. The maximum atomic E-state index is 12.5. The van der Waals surface area contributed by atoms with Crippen LogP contribution in [0.3, 0.4) is 0 Å². The number of thioether (sulfide) groups is 1. The summed E-state index contributed by atoms with van der Waals surface area (Å²) in [4.78, 5) is 13.7. The molecule has 27 heavy (non-hydrogen) atoms. The van der Waals surface area contributed by atoms with E-state index in [4.69, 9.17) is 11.6 Å². The number of benzene rings is 2. The van der Waals surface area contributed by atoms with Gasteiger partial charge in [0.05, 0.1) is 4.90 Å². The lowest BCUT2D eigenvalue weighted by Gasteiger charge is -2.16. The van der Waals surface area contributed by atoms with Crippen LogP contribution in [0.25, 0.3) is 0 Å². The molecular weight excluding hydrogens is 404 g/mol. The summed E-state index contributed by atoms with van der Waals surface area (Å²) in [5.41, 5.74) is 1.76. The SMILES string of the molecule is Cc1cc(C(=O)NCCSc2ccc(Cl)cc2)cc(S(=O)(=O)N(C)C)c1C. The van der Waals surface area contributed by atoms with Gasteiger partial charge in [-0.25, -0.2) is 12.7 Å². The highest BCUT2D eigenvalue weighted by Crippen LogP contribution is 2.23. The molecule has 1 amide bonds. The lowest BCUT2D eigenvalue weighted by atomic mass is 10.1. The van der Waals surface area contributed by atoms with Crippen molar-refractivity contribution in [3.8, 4) is 0 Å². The van der Waals surface area contributed by atoms with Gasteiger partial charge in [-0.05, 0) is 61.4 Å². The molecule has 0 atom stereocenters. The van der Waals surface area contributed by atoms with Gasteiger partial charge < -0.3 is 5.32 Å². The Morgan fingerprint density at radius 2 is 1.78 bits per heavy atom. The molecule has 0 fully saturated rings. The molecule has 0 radical (unpaired) electrons. The summed E-state index contributed by atoms with van der Waals surface area (Å²) in [5, 5.41) is 3.53. The molecule has 0 saturated carbocycles. The Balaban J connectivity index is 2.06. The average Bonchev–Trinajstić information content (AvgIpc) is 2.61. The number of sulfonamides is 1. The number of hydrogen-bond donors (Lipinski definition) is 1. The van der Waals surface area contributed by atoms with Crippen LogP contribution in [0.2, 0.25) is 5.02 Å². The number of halogens is 1. The van der Waals surface area contributed by atoms with Crippen molar-refractivity contribution in [2.75, 3.05) is 26.4 Å². The zero-order valence-corrected chi connectivity index (χ0v) is 18.1. The van der Waals surface area contributed by atoms with Gasteiger partial charge in [0.15, 0.2) is 0 Å². The predicted octanol–water partition coefficient (Wildman–Crippen LogP) is 3.73. The van der Waals surface area contributed by atoms with E-state index in [-0.39, 0.29) is 10.8 Å². The van der Waals surface area contributed by atoms with E-state index in [1.165, 1.54) is 20.2 Å². The van der Waals surface area contributed by atoms with E-state index in [1.807, 2.05) is 24.3 Å². The van der Waals surface area contributed by atoms with Crippen LogP contribution < -0.4 is 5.32 Å². The van der Waals surface area contributed by atoms with Gasteiger partial charge >= 0.3 is 0 Å². The van der Waals surface area contributed by atoms with Crippen molar-refractivity contribution in [3.05, 3.63) is 58.1 Å². The molecule has 0 unspecified atom stereocenters. The summed E-state index contributed by atoms with van der Waals surface area (Å²) in [5.74, 6) is 0.408. The first-order valence-electron chi connectivity index (χ1n) is 8.33. The van der Waals surface area contributed by atoms with Crippen LogP contribution in [-0.2, 0) is 10.0 Å². The van der Waals surface area contributed by atoms with Crippen molar-refractivity contribution >= 4 is 39.3 Å². The molecule has 0 aliphatic heterocycles. The number of amides is 1. The summed E-state index contributed by atoms with van der Waals surface area (Å²) in [7, 11) is -0.658. The van der Waals surface area contributed by atoms with Crippen molar-refractivity contribution in [2.24, 2.45) is 0 Å². The van der Waals surface area contributed by atoms with E-state index >= 15 is 0 Å². The van der Waals surface area contributed by atoms with Gasteiger partial charge in [-0.15, -0.1) is 11.8 Å². The van der Waals surface area contributed by atoms with Gasteiger partial charge in [-0.3, -0.25) is 4.79 Å². The number of aryl methyl sites for hydroxylation is 1. The average molecular weight is 427 g/mol. The Bertz CT molecular complexity index is 927. The van der Waals surface area contributed by atoms with Crippen LogP contribution in [0, 0.1) is 13.8 Å². The fraction of sp³-hybridized carbons (Fsp3) is 0.316. The minimum Gasteiger partial charge on any atom is -0.351 e. The number of nitrogens with zero attached hydrogens (tertiary/aromatic N) is 1. The highest BCUT2D eigenvalue weighted by Gasteiger charge is 2.22. The molecule has 2 aromatic rings. The topological polar surface area (TPSA) is 66.5 Å². The van der Waals surface area contributed by atoms with E-state index in [9.17, 15) is 13.2 Å². The molecule has 2 rings (SSSR count). The maximum Gasteiger partial charge on any atom is 0.251 e. The third-order valence-electron chi connectivity index (χ3n) is 4.11. The Morgan fingerprint density at radius 3 is 2.37 bits per heavy atom. The lowest BCUT2D eigenvalue weighted by Crippen LogP contribution is -2.27. The molecule has 1 N–H and O–H groups in total. The molecule has 0 bridgehead atoms. The van der Waals surface area contributed by atoms with Crippen molar-refractivity contribution < 1.29 is 13.2 Å². The highest BCUT2D eigenvalue weighted by atomic mass is 35.5. The molecule has 146 valence electrons. The summed E-state index contributed by atoms with van der Waals surface area (Å²) < 4.78 is 26.2. The second-order valence-electron chi connectivity index (χ2n) is 6.26. The number of rotatable bonds is 7. The van der Waals surface area contributed by atoms with Gasteiger partial charge in [0.1, 0.15) is 0 Å². The molecular formula is C19H23ClN2O3S2. The second kappa shape index (κ2) is 9.10. The first kappa shape index (κ1) is 21.8. The molecule has 0 aliphatic rings. The van der Waals surface area contributed by atoms with E-state index in [1.54, 1.807) is 31.7 Å². The van der Waals surface area contributed by atoms with Crippen molar-refractivity contribution in [3.63, 3.8) is 0 Å². The zero-order chi connectivity index (χ0) is 20.2. The van der Waals surface area contributed by atoms with Gasteiger partial charge in [0, 0.05) is 41.9 Å². The van der Waals surface area contributed by atoms with Gasteiger partial charge in [-0.2, -0.15) is 0 Å². The third kappa shape index (κ3) is 5.48. The Hall–Kier alpha value is -1.54.